The van der Waals surface area contributed by atoms with Gasteiger partial charge in [0.1, 0.15) is 0 Å². The molecule has 5 heteroatoms. The topological polar surface area (TPSA) is 68.0 Å². The summed E-state index contributed by atoms with van der Waals surface area (Å²) < 4.78 is 11.0. The van der Waals surface area contributed by atoms with E-state index in [9.17, 15) is 5.11 Å². The van der Waals surface area contributed by atoms with Gasteiger partial charge in [-0.2, -0.15) is 0 Å². The zero-order valence-electron chi connectivity index (χ0n) is 12.8. The van der Waals surface area contributed by atoms with Gasteiger partial charge in [-0.3, -0.25) is 4.90 Å². The molecule has 0 saturated carbocycles. The normalized spacial score (nSPS) is 17.0. The van der Waals surface area contributed by atoms with E-state index in [1.165, 1.54) is 0 Å². The van der Waals surface area contributed by atoms with Crippen molar-refractivity contribution >= 4 is 0 Å². The number of likely N-dealkylation sites (tertiary alicyclic amines) is 1. The van der Waals surface area contributed by atoms with Gasteiger partial charge in [-0.1, -0.05) is 6.07 Å². The summed E-state index contributed by atoms with van der Waals surface area (Å²) in [4.78, 5) is 2.41. The number of phenols is 1. The molecule has 1 heterocycles. The Morgan fingerprint density at radius 1 is 1.33 bits per heavy atom. The lowest BCUT2D eigenvalue weighted by atomic mass is 10.1. The first-order valence-electron chi connectivity index (χ1n) is 7.63. The number of aromatic hydroxyl groups is 1. The number of methoxy groups -OCH3 is 1. The van der Waals surface area contributed by atoms with E-state index in [0.29, 0.717) is 18.4 Å². The minimum absolute atomic E-state index is 0.188. The third kappa shape index (κ3) is 4.88. The number of ether oxygens (including phenoxy) is 2. The lowest BCUT2D eigenvalue weighted by Crippen LogP contribution is -2.36. The fourth-order valence-corrected chi connectivity index (χ4v) is 2.65. The third-order valence-electron chi connectivity index (χ3n) is 3.89. The van der Waals surface area contributed by atoms with Crippen LogP contribution < -0.4 is 10.5 Å². The van der Waals surface area contributed by atoms with Gasteiger partial charge in [0.05, 0.1) is 13.2 Å². The molecule has 3 N–H and O–H groups in total. The van der Waals surface area contributed by atoms with Gasteiger partial charge < -0.3 is 20.3 Å². The zero-order chi connectivity index (χ0) is 15.1. The average molecular weight is 294 g/mol. The molecule has 1 aliphatic heterocycles. The highest BCUT2D eigenvalue weighted by molar-refractivity contribution is 5.41. The van der Waals surface area contributed by atoms with Crippen molar-refractivity contribution in [1.82, 2.24) is 4.90 Å². The van der Waals surface area contributed by atoms with Crippen molar-refractivity contribution in [1.29, 1.82) is 0 Å². The molecule has 1 saturated heterocycles. The van der Waals surface area contributed by atoms with Crippen LogP contribution >= 0.6 is 0 Å². The fraction of sp³-hybridized carbons (Fsp3) is 0.625. The van der Waals surface area contributed by atoms with Gasteiger partial charge in [0.2, 0.25) is 0 Å². The summed E-state index contributed by atoms with van der Waals surface area (Å²) in [6, 6.07) is 5.54. The van der Waals surface area contributed by atoms with E-state index < -0.39 is 0 Å². The van der Waals surface area contributed by atoms with Crippen molar-refractivity contribution in [2.75, 3.05) is 33.4 Å². The van der Waals surface area contributed by atoms with Crippen molar-refractivity contribution in [3.05, 3.63) is 23.8 Å². The molecule has 0 radical (unpaired) electrons. The van der Waals surface area contributed by atoms with Gasteiger partial charge in [-0.05, 0) is 43.5 Å². The summed E-state index contributed by atoms with van der Waals surface area (Å²) in [6.07, 6.45) is 3.45. The number of nitrogens with zero attached hydrogens (tertiary/aromatic N) is 1. The molecule has 1 aromatic rings. The molecule has 0 aliphatic carbocycles. The fourth-order valence-electron chi connectivity index (χ4n) is 2.65. The van der Waals surface area contributed by atoms with Gasteiger partial charge in [0, 0.05) is 26.2 Å². The second-order valence-electron chi connectivity index (χ2n) is 5.49. The lowest BCUT2D eigenvalue weighted by Gasteiger charge is -2.32. The molecule has 1 aliphatic rings. The van der Waals surface area contributed by atoms with Crippen molar-refractivity contribution < 1.29 is 14.6 Å². The van der Waals surface area contributed by atoms with Gasteiger partial charge in [0.25, 0.3) is 0 Å². The highest BCUT2D eigenvalue weighted by Gasteiger charge is 2.19. The quantitative estimate of drug-likeness (QED) is 0.750. The van der Waals surface area contributed by atoms with Gasteiger partial charge in [-0.25, -0.2) is 0 Å². The molecule has 0 aromatic heterocycles. The predicted octanol–water partition coefficient (Wildman–Crippen LogP) is 1.73. The van der Waals surface area contributed by atoms with E-state index in [1.54, 1.807) is 13.2 Å². The van der Waals surface area contributed by atoms with Crippen molar-refractivity contribution in [3.63, 3.8) is 0 Å². The first-order chi connectivity index (χ1) is 10.2. The number of hydrogen-bond donors (Lipinski definition) is 2. The van der Waals surface area contributed by atoms with Crippen LogP contribution in [0.5, 0.6) is 11.5 Å². The van der Waals surface area contributed by atoms with E-state index in [1.807, 2.05) is 12.1 Å². The van der Waals surface area contributed by atoms with Crippen LogP contribution in [0.15, 0.2) is 18.2 Å². The molecule has 1 aromatic carbocycles. The first-order valence-corrected chi connectivity index (χ1v) is 7.63. The van der Waals surface area contributed by atoms with E-state index >= 15 is 0 Å². The Kier molecular flexibility index (Phi) is 6.29. The molecule has 5 nitrogen and oxygen atoms in total. The van der Waals surface area contributed by atoms with E-state index in [4.69, 9.17) is 15.2 Å². The maximum Gasteiger partial charge on any atom is 0.160 e. The minimum Gasteiger partial charge on any atom is -0.504 e. The molecule has 0 bridgehead atoms. The molecular weight excluding hydrogens is 268 g/mol. The smallest absolute Gasteiger partial charge is 0.160 e. The maximum atomic E-state index is 9.61. The number of benzene rings is 1. The van der Waals surface area contributed by atoms with E-state index in [0.717, 1.165) is 51.1 Å². The summed E-state index contributed by atoms with van der Waals surface area (Å²) in [7, 11) is 1.57. The Bertz CT molecular complexity index is 432. The third-order valence-corrected chi connectivity index (χ3v) is 3.89. The van der Waals surface area contributed by atoms with Crippen LogP contribution in [0.3, 0.4) is 0 Å². The minimum atomic E-state index is 0.188. The molecule has 0 atom stereocenters. The van der Waals surface area contributed by atoms with Crippen LogP contribution in [0.25, 0.3) is 0 Å². The summed E-state index contributed by atoms with van der Waals surface area (Å²) in [5.74, 6) is 0.723. The Balaban J connectivity index is 1.78. The summed E-state index contributed by atoms with van der Waals surface area (Å²) in [5.41, 5.74) is 6.63. The second kappa shape index (κ2) is 8.22. The molecule has 1 fully saturated rings. The molecule has 118 valence electrons. The Labute approximate surface area is 126 Å². The Morgan fingerprint density at radius 3 is 2.76 bits per heavy atom. The summed E-state index contributed by atoms with van der Waals surface area (Å²) >= 11 is 0. The van der Waals surface area contributed by atoms with Crippen LogP contribution in [0.4, 0.5) is 0 Å². The number of rotatable bonds is 7. The Morgan fingerprint density at radius 2 is 2.10 bits per heavy atom. The van der Waals surface area contributed by atoms with E-state index in [2.05, 4.69) is 4.90 Å². The average Bonchev–Trinajstić information content (AvgIpc) is 2.51. The number of nitrogens with two attached hydrogens (primary N) is 1. The van der Waals surface area contributed by atoms with Gasteiger partial charge >= 0.3 is 0 Å². The molecular formula is C16H26N2O3. The van der Waals surface area contributed by atoms with Crippen LogP contribution in [0, 0.1) is 0 Å². The first kappa shape index (κ1) is 16.1. The monoisotopic (exact) mass is 294 g/mol. The number of piperidine rings is 1. The summed E-state index contributed by atoms with van der Waals surface area (Å²) in [5, 5.41) is 9.61. The second-order valence-corrected chi connectivity index (χ2v) is 5.49. The largest absolute Gasteiger partial charge is 0.504 e. The maximum absolute atomic E-state index is 9.61. The molecule has 2 rings (SSSR count). The lowest BCUT2D eigenvalue weighted by molar-refractivity contribution is 0.00562. The van der Waals surface area contributed by atoms with Crippen molar-refractivity contribution in [2.24, 2.45) is 5.73 Å². The van der Waals surface area contributed by atoms with Crippen LogP contribution in [-0.2, 0) is 11.3 Å². The van der Waals surface area contributed by atoms with Crippen LogP contribution in [0.1, 0.15) is 24.8 Å². The van der Waals surface area contributed by atoms with Gasteiger partial charge in [-0.15, -0.1) is 0 Å². The molecule has 0 amide bonds. The molecule has 0 spiro atoms. The SMILES string of the molecule is COc1cc(CN2CCC(OCCCN)CC2)ccc1O. The number of phenolic OH excluding ortho intramolecular Hbond substituents is 1. The van der Waals surface area contributed by atoms with Gasteiger partial charge in [0.15, 0.2) is 11.5 Å². The standard InChI is InChI=1S/C16H26N2O3/c1-20-16-11-13(3-4-15(16)19)12-18-8-5-14(6-9-18)21-10-2-7-17/h3-4,11,14,19H,2,5-10,12,17H2,1H3. The molecule has 0 unspecified atom stereocenters. The van der Waals surface area contributed by atoms with E-state index in [-0.39, 0.29) is 5.75 Å². The van der Waals surface area contributed by atoms with Crippen molar-refractivity contribution in [2.45, 2.75) is 31.9 Å². The Hall–Kier alpha value is -1.30. The predicted molar refractivity (Wildman–Crippen MR) is 82.6 cm³/mol. The molecule has 21 heavy (non-hydrogen) atoms. The number of hydrogen-bond acceptors (Lipinski definition) is 5. The van der Waals surface area contributed by atoms with Crippen LogP contribution in [-0.4, -0.2) is 49.5 Å². The highest BCUT2D eigenvalue weighted by atomic mass is 16.5. The summed E-state index contributed by atoms with van der Waals surface area (Å²) in [6.45, 7) is 4.43. The van der Waals surface area contributed by atoms with Crippen LogP contribution in [0.2, 0.25) is 0 Å². The zero-order valence-corrected chi connectivity index (χ0v) is 12.8. The highest BCUT2D eigenvalue weighted by Crippen LogP contribution is 2.27. The van der Waals surface area contributed by atoms with Crippen molar-refractivity contribution in [3.8, 4) is 11.5 Å².